The number of carbonyl (C=O) groups is 3. The van der Waals surface area contributed by atoms with Crippen molar-refractivity contribution in [3.8, 4) is 5.75 Å². The fourth-order valence-corrected chi connectivity index (χ4v) is 3.44. The van der Waals surface area contributed by atoms with Crippen LogP contribution in [0.1, 0.15) is 36.0 Å². The molecule has 3 N–H and O–H groups in total. The topological polar surface area (TPSA) is 110 Å². The molecule has 2 rings (SSSR count). The van der Waals surface area contributed by atoms with E-state index >= 15 is 0 Å². The highest BCUT2D eigenvalue weighted by Crippen LogP contribution is 2.38. The maximum atomic E-state index is 12.8. The molecular weight excluding hydrogens is 455 g/mol. The first-order valence-corrected chi connectivity index (χ1v) is 10.1. The average molecular weight is 474 g/mol. The number of ether oxygens (including phenoxy) is 1. The predicted molar refractivity (Wildman–Crippen MR) is 116 cm³/mol. The molecule has 0 aliphatic rings. The summed E-state index contributed by atoms with van der Waals surface area (Å²) in [6.45, 7) is 0.274. The Kier molecular flexibility index (Phi) is 8.77. The van der Waals surface area contributed by atoms with Crippen LogP contribution in [0.4, 0.5) is 10.5 Å². The van der Waals surface area contributed by atoms with E-state index in [1.54, 1.807) is 12.1 Å². The second kappa shape index (κ2) is 11.1. The Hall–Kier alpha value is -2.48. The first-order valence-electron chi connectivity index (χ1n) is 8.94. The van der Waals surface area contributed by atoms with Gasteiger partial charge in [0.1, 0.15) is 0 Å². The van der Waals surface area contributed by atoms with Crippen LogP contribution in [0.15, 0.2) is 36.4 Å². The molecule has 2 aromatic carbocycles. The molecule has 30 heavy (non-hydrogen) atoms. The summed E-state index contributed by atoms with van der Waals surface area (Å²) in [5, 5.41) is 8.95. The van der Waals surface area contributed by atoms with Crippen molar-refractivity contribution >= 4 is 58.4 Å². The second-order valence-corrected chi connectivity index (χ2v) is 7.47. The third kappa shape index (κ3) is 6.26. The quantitative estimate of drug-likeness (QED) is 0.474. The molecule has 10 heteroatoms. The third-order valence-electron chi connectivity index (χ3n) is 4.05. The summed E-state index contributed by atoms with van der Waals surface area (Å²) < 4.78 is 5.58. The highest BCUT2D eigenvalue weighted by atomic mass is 35.5. The maximum absolute atomic E-state index is 12.8. The molecule has 0 spiro atoms. The number of primary amides is 1. The van der Waals surface area contributed by atoms with Gasteiger partial charge in [-0.1, -0.05) is 46.9 Å². The maximum Gasteiger partial charge on any atom is 0.326 e. The number of hydrogen-bond acceptors (Lipinski definition) is 4. The minimum atomic E-state index is -1.03. The van der Waals surface area contributed by atoms with Crippen LogP contribution in [0.25, 0.3) is 0 Å². The minimum absolute atomic E-state index is 0.0660. The second-order valence-electron chi connectivity index (χ2n) is 6.25. The SMILES string of the molecule is NC(=O)N(C(=O)c1ccccc1Cl)c1cc(Cl)c(OCCCCCC(=O)O)c(Cl)c1. The number of rotatable bonds is 9. The van der Waals surface area contributed by atoms with Crippen LogP contribution in [0.3, 0.4) is 0 Å². The van der Waals surface area contributed by atoms with Crippen molar-refractivity contribution in [3.05, 3.63) is 57.0 Å². The minimum Gasteiger partial charge on any atom is -0.490 e. The van der Waals surface area contributed by atoms with Crippen molar-refractivity contribution < 1.29 is 24.2 Å². The normalized spacial score (nSPS) is 10.5. The van der Waals surface area contributed by atoms with Crippen LogP contribution in [-0.4, -0.2) is 29.6 Å². The van der Waals surface area contributed by atoms with Gasteiger partial charge < -0.3 is 15.6 Å². The largest absolute Gasteiger partial charge is 0.490 e. The molecule has 3 amide bonds. The number of benzene rings is 2. The number of hydrogen-bond donors (Lipinski definition) is 2. The van der Waals surface area contributed by atoms with Gasteiger partial charge in [0, 0.05) is 6.42 Å². The van der Waals surface area contributed by atoms with Gasteiger partial charge >= 0.3 is 12.0 Å². The molecule has 0 fully saturated rings. The Labute approximate surface area is 188 Å². The van der Waals surface area contributed by atoms with E-state index in [0.717, 1.165) is 0 Å². The lowest BCUT2D eigenvalue weighted by molar-refractivity contribution is -0.137. The predicted octanol–water partition coefficient (Wildman–Crippen LogP) is 5.40. The van der Waals surface area contributed by atoms with Crippen molar-refractivity contribution in [3.63, 3.8) is 0 Å². The lowest BCUT2D eigenvalue weighted by Gasteiger charge is -2.21. The third-order valence-corrected chi connectivity index (χ3v) is 4.94. The smallest absolute Gasteiger partial charge is 0.326 e. The van der Waals surface area contributed by atoms with E-state index in [1.165, 1.54) is 24.3 Å². The van der Waals surface area contributed by atoms with Gasteiger partial charge in [-0.2, -0.15) is 0 Å². The van der Waals surface area contributed by atoms with Crippen molar-refractivity contribution in [1.82, 2.24) is 0 Å². The highest BCUT2D eigenvalue weighted by molar-refractivity contribution is 6.39. The first kappa shape index (κ1) is 23.8. The first-order chi connectivity index (χ1) is 14.2. The molecule has 2 aromatic rings. The molecule has 0 unspecified atom stereocenters. The molecule has 0 aromatic heterocycles. The van der Waals surface area contributed by atoms with Crippen LogP contribution in [-0.2, 0) is 4.79 Å². The highest BCUT2D eigenvalue weighted by Gasteiger charge is 2.26. The lowest BCUT2D eigenvalue weighted by atomic mass is 10.1. The molecule has 0 saturated carbocycles. The van der Waals surface area contributed by atoms with E-state index in [4.69, 9.17) is 50.4 Å². The molecule has 160 valence electrons. The monoisotopic (exact) mass is 472 g/mol. The summed E-state index contributed by atoms with van der Waals surface area (Å²) >= 11 is 18.5. The number of anilines is 1. The summed E-state index contributed by atoms with van der Waals surface area (Å²) in [6, 6.07) is 7.88. The van der Waals surface area contributed by atoms with Crippen molar-refractivity contribution in [2.75, 3.05) is 11.5 Å². The Balaban J connectivity index is 2.17. The van der Waals surface area contributed by atoms with Crippen LogP contribution < -0.4 is 15.4 Å². The number of nitrogens with zero attached hydrogens (tertiary/aromatic N) is 1. The van der Waals surface area contributed by atoms with Crippen molar-refractivity contribution in [1.29, 1.82) is 0 Å². The van der Waals surface area contributed by atoms with E-state index in [-0.39, 0.29) is 45.1 Å². The summed E-state index contributed by atoms with van der Waals surface area (Å²) in [6.07, 6.45) is 1.91. The molecule has 0 saturated heterocycles. The number of carboxylic acid groups (broad SMARTS) is 1. The van der Waals surface area contributed by atoms with Gasteiger partial charge in [0.25, 0.3) is 5.91 Å². The average Bonchev–Trinajstić information content (AvgIpc) is 2.66. The number of carbonyl (C=O) groups excluding carboxylic acids is 2. The summed E-state index contributed by atoms with van der Waals surface area (Å²) in [4.78, 5) is 36.0. The Morgan fingerprint density at radius 2 is 1.60 bits per heavy atom. The standard InChI is InChI=1S/C20H19Cl3N2O5/c21-14-7-4-3-6-13(14)19(28)25(20(24)29)12-10-15(22)18(16(23)11-12)30-9-5-1-2-8-17(26)27/h3-4,6-7,10-11H,1-2,5,8-9H2,(H2,24,29)(H,26,27). The Morgan fingerprint density at radius 1 is 0.967 bits per heavy atom. The number of aliphatic carboxylic acids is 1. The van der Waals surface area contributed by atoms with Gasteiger partial charge in [-0.05, 0) is 43.5 Å². The summed E-state index contributed by atoms with van der Waals surface area (Å²) in [5.41, 5.74) is 5.56. The fraction of sp³-hybridized carbons (Fsp3) is 0.250. The van der Waals surface area contributed by atoms with Crippen molar-refractivity contribution in [2.45, 2.75) is 25.7 Å². The summed E-state index contributed by atoms with van der Waals surface area (Å²) in [7, 11) is 0. The molecule has 0 atom stereocenters. The summed E-state index contributed by atoms with van der Waals surface area (Å²) in [5.74, 6) is -1.38. The zero-order valence-electron chi connectivity index (χ0n) is 15.7. The Bertz CT molecular complexity index is 929. The number of halogens is 3. The number of unbranched alkanes of at least 4 members (excludes halogenated alkanes) is 2. The number of urea groups is 1. The van der Waals surface area contributed by atoms with Gasteiger partial charge in [0.05, 0.1) is 32.9 Å². The van der Waals surface area contributed by atoms with E-state index in [0.29, 0.717) is 24.2 Å². The molecular formula is C20H19Cl3N2O5. The van der Waals surface area contributed by atoms with Gasteiger partial charge in [0.2, 0.25) is 0 Å². The lowest BCUT2D eigenvalue weighted by Crippen LogP contribution is -2.41. The van der Waals surface area contributed by atoms with E-state index in [9.17, 15) is 14.4 Å². The fourth-order valence-electron chi connectivity index (χ4n) is 2.64. The van der Waals surface area contributed by atoms with Crippen LogP contribution in [0.2, 0.25) is 15.1 Å². The molecule has 0 aliphatic heterocycles. The molecule has 0 radical (unpaired) electrons. The number of nitrogens with two attached hydrogens (primary N) is 1. The van der Waals surface area contributed by atoms with Crippen molar-refractivity contribution in [2.24, 2.45) is 5.73 Å². The molecule has 0 heterocycles. The number of carboxylic acids is 1. The Morgan fingerprint density at radius 3 is 2.17 bits per heavy atom. The van der Waals surface area contributed by atoms with Gasteiger partial charge in [-0.3, -0.25) is 9.59 Å². The van der Waals surface area contributed by atoms with Crippen LogP contribution in [0, 0.1) is 0 Å². The molecule has 0 bridgehead atoms. The zero-order chi connectivity index (χ0) is 22.3. The van der Waals surface area contributed by atoms with Gasteiger partial charge in [-0.25, -0.2) is 9.69 Å². The molecule has 0 aliphatic carbocycles. The number of amides is 3. The van der Waals surface area contributed by atoms with E-state index in [1.807, 2.05) is 0 Å². The van der Waals surface area contributed by atoms with Crippen LogP contribution >= 0.6 is 34.8 Å². The van der Waals surface area contributed by atoms with Crippen LogP contribution in [0.5, 0.6) is 5.75 Å². The van der Waals surface area contributed by atoms with E-state index < -0.39 is 17.9 Å². The zero-order valence-corrected chi connectivity index (χ0v) is 18.0. The van der Waals surface area contributed by atoms with E-state index in [2.05, 4.69) is 0 Å². The van der Waals surface area contributed by atoms with Gasteiger partial charge in [0.15, 0.2) is 5.75 Å². The molecule has 7 nitrogen and oxygen atoms in total. The van der Waals surface area contributed by atoms with Gasteiger partial charge in [-0.15, -0.1) is 0 Å². The number of imide groups is 1.